The number of benzene rings is 3. The number of rotatable bonds is 6. The molecule has 0 amide bonds. The number of oxime groups is 1. The first kappa shape index (κ1) is 15.7. The highest BCUT2D eigenvalue weighted by Gasteiger charge is 2.08. The number of hydrogen-bond donors (Lipinski definition) is 2. The predicted molar refractivity (Wildman–Crippen MR) is 94.8 cm³/mol. The van der Waals surface area contributed by atoms with Crippen LogP contribution in [0.1, 0.15) is 11.1 Å². The predicted octanol–water partition coefficient (Wildman–Crippen LogP) is 4.36. The molecule has 0 saturated carbocycles. The van der Waals surface area contributed by atoms with Crippen LogP contribution in [0.25, 0.3) is 10.8 Å². The Morgan fingerprint density at radius 3 is 2.67 bits per heavy atom. The molecule has 0 fully saturated rings. The van der Waals surface area contributed by atoms with Crippen molar-refractivity contribution in [3.8, 4) is 5.75 Å². The van der Waals surface area contributed by atoms with Crippen molar-refractivity contribution in [1.29, 1.82) is 0 Å². The second-order valence-electron chi connectivity index (χ2n) is 5.31. The number of nitrogens with one attached hydrogen (secondary N) is 1. The smallest absolute Gasteiger partial charge is 0.245 e. The fourth-order valence-corrected chi connectivity index (χ4v) is 2.42. The van der Waals surface area contributed by atoms with Crippen LogP contribution in [0.4, 0.5) is 5.69 Å². The standard InChI is InChI=1S/C19H18N2O3/c1-14-17-10-6-5-9-16(17)11-18(19(14)22)21-24-13-20-23-12-15-7-3-2-4-8-15/h2-11,13,21-22H,12H2,1H3/b20-13+. The van der Waals surface area contributed by atoms with Crippen molar-refractivity contribution in [2.24, 2.45) is 5.16 Å². The number of phenols is 1. The van der Waals surface area contributed by atoms with Crippen LogP contribution in [0, 0.1) is 6.92 Å². The summed E-state index contributed by atoms with van der Waals surface area (Å²) in [6, 6.07) is 19.4. The second-order valence-corrected chi connectivity index (χ2v) is 5.31. The summed E-state index contributed by atoms with van der Waals surface area (Å²) in [7, 11) is 0. The zero-order chi connectivity index (χ0) is 16.8. The lowest BCUT2D eigenvalue weighted by Crippen LogP contribution is -2.01. The molecule has 3 aromatic rings. The van der Waals surface area contributed by atoms with E-state index >= 15 is 0 Å². The Balaban J connectivity index is 1.58. The zero-order valence-corrected chi connectivity index (χ0v) is 13.3. The highest BCUT2D eigenvalue weighted by atomic mass is 16.7. The largest absolute Gasteiger partial charge is 0.505 e. The average Bonchev–Trinajstić information content (AvgIpc) is 2.63. The molecule has 122 valence electrons. The van der Waals surface area contributed by atoms with E-state index in [1.807, 2.05) is 67.6 Å². The Labute approximate surface area is 140 Å². The first-order valence-corrected chi connectivity index (χ1v) is 7.56. The Morgan fingerprint density at radius 2 is 1.83 bits per heavy atom. The van der Waals surface area contributed by atoms with Crippen molar-refractivity contribution in [3.05, 3.63) is 71.8 Å². The van der Waals surface area contributed by atoms with Gasteiger partial charge in [0.05, 0.1) is 0 Å². The Bertz CT molecular complexity index is 848. The molecule has 2 N–H and O–H groups in total. The minimum atomic E-state index is 0.146. The lowest BCUT2D eigenvalue weighted by molar-refractivity contribution is 0.125. The van der Waals surface area contributed by atoms with Crippen LogP contribution in [-0.2, 0) is 16.3 Å². The van der Waals surface area contributed by atoms with Gasteiger partial charge < -0.3 is 14.8 Å². The molecule has 0 bridgehead atoms. The van der Waals surface area contributed by atoms with Gasteiger partial charge in [0.25, 0.3) is 0 Å². The SMILES string of the molecule is Cc1c(O)c(NO/C=N/OCc2ccccc2)cc2ccccc12. The summed E-state index contributed by atoms with van der Waals surface area (Å²) < 4.78 is 0. The van der Waals surface area contributed by atoms with Gasteiger partial charge in [-0.15, -0.1) is 0 Å². The van der Waals surface area contributed by atoms with E-state index in [1.54, 1.807) is 0 Å². The molecule has 0 unspecified atom stereocenters. The topological polar surface area (TPSA) is 63.1 Å². The Kier molecular flexibility index (Phi) is 4.81. The number of aromatic hydroxyl groups is 1. The second kappa shape index (κ2) is 7.37. The molecule has 3 rings (SSSR count). The van der Waals surface area contributed by atoms with E-state index in [0.717, 1.165) is 28.3 Å². The van der Waals surface area contributed by atoms with E-state index in [4.69, 9.17) is 9.68 Å². The highest BCUT2D eigenvalue weighted by molar-refractivity contribution is 5.92. The first-order chi connectivity index (χ1) is 11.8. The van der Waals surface area contributed by atoms with E-state index in [2.05, 4.69) is 10.6 Å². The lowest BCUT2D eigenvalue weighted by atomic mass is 10.0. The van der Waals surface area contributed by atoms with Crippen LogP contribution in [0.5, 0.6) is 5.75 Å². The summed E-state index contributed by atoms with van der Waals surface area (Å²) in [6.45, 7) is 2.22. The van der Waals surface area contributed by atoms with Crippen LogP contribution in [-0.4, -0.2) is 11.5 Å². The van der Waals surface area contributed by atoms with Crippen molar-refractivity contribution in [2.45, 2.75) is 13.5 Å². The van der Waals surface area contributed by atoms with Crippen LogP contribution in [0.15, 0.2) is 65.8 Å². The Morgan fingerprint density at radius 1 is 1.08 bits per heavy atom. The van der Waals surface area contributed by atoms with E-state index in [9.17, 15) is 5.11 Å². The summed E-state index contributed by atoms with van der Waals surface area (Å²) in [6.07, 6.45) is 1.15. The molecular formula is C19H18N2O3. The molecule has 0 heterocycles. The van der Waals surface area contributed by atoms with Gasteiger partial charge >= 0.3 is 0 Å². The lowest BCUT2D eigenvalue weighted by Gasteiger charge is -2.11. The molecular weight excluding hydrogens is 304 g/mol. The molecule has 24 heavy (non-hydrogen) atoms. The fourth-order valence-electron chi connectivity index (χ4n) is 2.42. The number of aryl methyl sites for hydroxylation is 1. The van der Waals surface area contributed by atoms with Crippen LogP contribution in [0.2, 0.25) is 0 Å². The summed E-state index contributed by atoms with van der Waals surface area (Å²) in [5.41, 5.74) is 4.95. The molecule has 0 spiro atoms. The number of fused-ring (bicyclic) bond motifs is 1. The van der Waals surface area contributed by atoms with Crippen LogP contribution >= 0.6 is 0 Å². The number of hydrogen-bond acceptors (Lipinski definition) is 5. The molecule has 0 aromatic heterocycles. The van der Waals surface area contributed by atoms with Crippen molar-refractivity contribution in [1.82, 2.24) is 0 Å². The molecule has 0 saturated heterocycles. The van der Waals surface area contributed by atoms with E-state index in [-0.39, 0.29) is 5.75 Å². The van der Waals surface area contributed by atoms with E-state index in [1.165, 1.54) is 0 Å². The summed E-state index contributed by atoms with van der Waals surface area (Å²) in [4.78, 5) is 10.2. The molecule has 5 heteroatoms. The maximum Gasteiger partial charge on any atom is 0.245 e. The van der Waals surface area contributed by atoms with Crippen LogP contribution < -0.4 is 5.48 Å². The van der Waals surface area contributed by atoms with Gasteiger partial charge in [0.2, 0.25) is 6.40 Å². The maximum atomic E-state index is 10.2. The average molecular weight is 322 g/mol. The summed E-state index contributed by atoms with van der Waals surface area (Å²) in [5, 5.41) is 15.9. The van der Waals surface area contributed by atoms with Gasteiger partial charge in [0, 0.05) is 5.56 Å². The summed E-state index contributed by atoms with van der Waals surface area (Å²) in [5.74, 6) is 0.146. The van der Waals surface area contributed by atoms with Crippen molar-refractivity contribution in [3.63, 3.8) is 0 Å². The molecule has 0 aliphatic carbocycles. The van der Waals surface area contributed by atoms with Crippen molar-refractivity contribution >= 4 is 22.9 Å². The number of nitrogens with zero attached hydrogens (tertiary/aromatic N) is 1. The summed E-state index contributed by atoms with van der Waals surface area (Å²) >= 11 is 0. The third-order valence-electron chi connectivity index (χ3n) is 3.69. The van der Waals surface area contributed by atoms with Crippen molar-refractivity contribution < 1.29 is 14.8 Å². The first-order valence-electron chi connectivity index (χ1n) is 7.56. The molecule has 0 aliphatic heterocycles. The van der Waals surface area contributed by atoms with E-state index < -0.39 is 0 Å². The number of anilines is 1. The normalized spacial score (nSPS) is 10.9. The van der Waals surface area contributed by atoms with Gasteiger partial charge in [-0.3, -0.25) is 0 Å². The fraction of sp³-hybridized carbons (Fsp3) is 0.105. The minimum Gasteiger partial charge on any atom is -0.505 e. The number of phenolic OH excluding ortho intramolecular Hbond substituents is 1. The quantitative estimate of drug-likeness (QED) is 0.306. The van der Waals surface area contributed by atoms with E-state index in [0.29, 0.717) is 12.3 Å². The van der Waals surface area contributed by atoms with Gasteiger partial charge in [-0.25, -0.2) is 5.48 Å². The van der Waals surface area contributed by atoms with Crippen molar-refractivity contribution in [2.75, 3.05) is 5.48 Å². The van der Waals surface area contributed by atoms with Gasteiger partial charge in [0.15, 0.2) is 0 Å². The van der Waals surface area contributed by atoms with Gasteiger partial charge in [0.1, 0.15) is 18.0 Å². The Hall–Kier alpha value is -3.21. The maximum absolute atomic E-state index is 10.2. The van der Waals surface area contributed by atoms with Gasteiger partial charge in [-0.1, -0.05) is 59.8 Å². The van der Waals surface area contributed by atoms with Crippen LogP contribution in [0.3, 0.4) is 0 Å². The zero-order valence-electron chi connectivity index (χ0n) is 13.3. The molecule has 0 aliphatic rings. The molecule has 5 nitrogen and oxygen atoms in total. The monoisotopic (exact) mass is 322 g/mol. The third kappa shape index (κ3) is 3.57. The minimum absolute atomic E-state index is 0.146. The molecule has 0 radical (unpaired) electrons. The highest BCUT2D eigenvalue weighted by Crippen LogP contribution is 2.34. The third-order valence-corrected chi connectivity index (χ3v) is 3.69. The molecule has 0 atom stereocenters. The van der Waals surface area contributed by atoms with Gasteiger partial charge in [-0.2, -0.15) is 0 Å². The van der Waals surface area contributed by atoms with Gasteiger partial charge in [-0.05, 0) is 29.3 Å². The molecule has 3 aromatic carbocycles.